The summed E-state index contributed by atoms with van der Waals surface area (Å²) in [6.07, 6.45) is 2.08. The topological polar surface area (TPSA) is 55.8 Å². The van der Waals surface area contributed by atoms with Crippen LogP contribution in [0, 0.1) is 6.92 Å². The highest BCUT2D eigenvalue weighted by Gasteiger charge is 2.32. The molecule has 0 atom stereocenters. The third kappa shape index (κ3) is 4.12. The molecule has 23 heavy (non-hydrogen) atoms. The normalized spacial score (nSPS) is 17.9. The Morgan fingerprint density at radius 1 is 1.39 bits per heavy atom. The van der Waals surface area contributed by atoms with Crippen LogP contribution < -0.4 is 10.2 Å². The number of thioether (sulfide) groups is 1. The minimum atomic E-state index is -0.105. The number of benzene rings is 1. The summed E-state index contributed by atoms with van der Waals surface area (Å²) in [6, 6.07) is 6.43. The SMILES string of the molecule is Cc1cc(N2CCSCC2)ccc1NC(=O)N(CCO)C1CC1. The molecule has 1 aliphatic carbocycles. The van der Waals surface area contributed by atoms with E-state index in [1.54, 1.807) is 4.90 Å². The van der Waals surface area contributed by atoms with Crippen molar-refractivity contribution in [1.82, 2.24) is 4.90 Å². The molecule has 2 amide bonds. The number of nitrogens with one attached hydrogen (secondary N) is 1. The van der Waals surface area contributed by atoms with E-state index in [4.69, 9.17) is 5.11 Å². The van der Waals surface area contributed by atoms with Gasteiger partial charge in [0, 0.05) is 48.6 Å². The zero-order valence-electron chi connectivity index (χ0n) is 13.6. The van der Waals surface area contributed by atoms with E-state index in [9.17, 15) is 4.79 Å². The fourth-order valence-corrected chi connectivity index (χ4v) is 3.84. The molecule has 0 spiro atoms. The summed E-state index contributed by atoms with van der Waals surface area (Å²) in [5.41, 5.74) is 3.16. The Balaban J connectivity index is 1.66. The Kier molecular flexibility index (Phi) is 5.33. The molecule has 3 rings (SSSR count). The van der Waals surface area contributed by atoms with Crippen LogP contribution in [0.25, 0.3) is 0 Å². The highest BCUT2D eigenvalue weighted by atomic mass is 32.2. The second-order valence-electron chi connectivity index (χ2n) is 6.18. The Morgan fingerprint density at radius 3 is 2.74 bits per heavy atom. The lowest BCUT2D eigenvalue weighted by Gasteiger charge is -2.29. The minimum Gasteiger partial charge on any atom is -0.395 e. The second-order valence-corrected chi connectivity index (χ2v) is 7.40. The van der Waals surface area contributed by atoms with Crippen molar-refractivity contribution in [3.05, 3.63) is 23.8 Å². The van der Waals surface area contributed by atoms with Crippen LogP contribution in [0.2, 0.25) is 0 Å². The first-order valence-electron chi connectivity index (χ1n) is 8.31. The van der Waals surface area contributed by atoms with Crippen LogP contribution >= 0.6 is 11.8 Å². The number of hydrogen-bond acceptors (Lipinski definition) is 4. The van der Waals surface area contributed by atoms with E-state index in [0.29, 0.717) is 12.6 Å². The minimum absolute atomic E-state index is 0.00874. The maximum absolute atomic E-state index is 12.4. The third-order valence-corrected chi connectivity index (χ3v) is 5.36. The number of amides is 2. The number of aryl methyl sites for hydroxylation is 1. The number of carbonyl (C=O) groups excluding carboxylic acids is 1. The van der Waals surface area contributed by atoms with Crippen LogP contribution in [-0.2, 0) is 0 Å². The number of urea groups is 1. The molecule has 1 saturated carbocycles. The average Bonchev–Trinajstić information content (AvgIpc) is 3.40. The summed E-state index contributed by atoms with van der Waals surface area (Å²) in [5, 5.41) is 12.1. The van der Waals surface area contributed by atoms with Crippen molar-refractivity contribution in [3.63, 3.8) is 0 Å². The summed E-state index contributed by atoms with van der Waals surface area (Å²) >= 11 is 2.00. The van der Waals surface area contributed by atoms with Crippen molar-refractivity contribution in [3.8, 4) is 0 Å². The molecule has 1 aromatic carbocycles. The van der Waals surface area contributed by atoms with Gasteiger partial charge in [0.1, 0.15) is 0 Å². The monoisotopic (exact) mass is 335 g/mol. The molecule has 126 valence electrons. The van der Waals surface area contributed by atoms with Gasteiger partial charge in [-0.05, 0) is 43.5 Å². The van der Waals surface area contributed by atoms with Gasteiger partial charge in [-0.25, -0.2) is 4.79 Å². The maximum Gasteiger partial charge on any atom is 0.322 e. The molecule has 2 aliphatic rings. The predicted molar refractivity (Wildman–Crippen MR) is 96.5 cm³/mol. The molecule has 1 aliphatic heterocycles. The van der Waals surface area contributed by atoms with Gasteiger partial charge in [0.2, 0.25) is 0 Å². The first kappa shape index (κ1) is 16.5. The van der Waals surface area contributed by atoms with Crippen molar-refractivity contribution in [1.29, 1.82) is 0 Å². The molecule has 1 saturated heterocycles. The van der Waals surface area contributed by atoms with Gasteiger partial charge in [0.25, 0.3) is 0 Å². The van der Waals surface area contributed by atoms with Crippen LogP contribution in [0.3, 0.4) is 0 Å². The Morgan fingerprint density at radius 2 is 2.13 bits per heavy atom. The van der Waals surface area contributed by atoms with Crippen molar-refractivity contribution in [2.45, 2.75) is 25.8 Å². The smallest absolute Gasteiger partial charge is 0.322 e. The summed E-state index contributed by atoms with van der Waals surface area (Å²) in [5.74, 6) is 2.35. The van der Waals surface area contributed by atoms with Crippen molar-refractivity contribution in [2.24, 2.45) is 0 Å². The molecule has 2 fully saturated rings. The van der Waals surface area contributed by atoms with Crippen LogP contribution in [0.15, 0.2) is 18.2 Å². The highest BCUT2D eigenvalue weighted by Crippen LogP contribution is 2.29. The number of aliphatic hydroxyl groups is 1. The number of hydrogen-bond donors (Lipinski definition) is 2. The van der Waals surface area contributed by atoms with Gasteiger partial charge >= 0.3 is 6.03 Å². The van der Waals surface area contributed by atoms with Gasteiger partial charge < -0.3 is 20.2 Å². The number of nitrogens with zero attached hydrogens (tertiary/aromatic N) is 2. The lowest BCUT2D eigenvalue weighted by atomic mass is 10.1. The molecule has 5 nitrogen and oxygen atoms in total. The average molecular weight is 335 g/mol. The van der Waals surface area contributed by atoms with E-state index in [0.717, 1.165) is 37.2 Å². The van der Waals surface area contributed by atoms with Crippen molar-refractivity contribution >= 4 is 29.2 Å². The summed E-state index contributed by atoms with van der Waals surface area (Å²) in [6.45, 7) is 4.61. The lowest BCUT2D eigenvalue weighted by molar-refractivity contribution is 0.185. The van der Waals surface area contributed by atoms with Gasteiger partial charge in [-0.3, -0.25) is 0 Å². The summed E-state index contributed by atoms with van der Waals surface area (Å²) < 4.78 is 0. The molecule has 1 aromatic rings. The Bertz CT molecular complexity index is 557. The Labute approximate surface area is 142 Å². The maximum atomic E-state index is 12.4. The third-order valence-electron chi connectivity index (χ3n) is 4.42. The molecular formula is C17H25N3O2S. The van der Waals surface area contributed by atoms with Gasteiger partial charge in [0.05, 0.1) is 6.61 Å². The fourth-order valence-electron chi connectivity index (χ4n) is 2.94. The van der Waals surface area contributed by atoms with Crippen LogP contribution in [-0.4, -0.2) is 59.8 Å². The van der Waals surface area contributed by atoms with Crippen LogP contribution in [0.4, 0.5) is 16.2 Å². The van der Waals surface area contributed by atoms with Gasteiger partial charge in [-0.15, -0.1) is 0 Å². The van der Waals surface area contributed by atoms with E-state index < -0.39 is 0 Å². The quantitative estimate of drug-likeness (QED) is 0.868. The Hall–Kier alpha value is -1.40. The second kappa shape index (κ2) is 7.45. The lowest BCUT2D eigenvalue weighted by Crippen LogP contribution is -2.38. The number of aliphatic hydroxyl groups excluding tert-OH is 1. The largest absolute Gasteiger partial charge is 0.395 e. The van der Waals surface area contributed by atoms with E-state index in [1.807, 2.05) is 24.8 Å². The van der Waals surface area contributed by atoms with E-state index >= 15 is 0 Å². The predicted octanol–water partition coefficient (Wildman–Crippen LogP) is 2.54. The first-order chi connectivity index (χ1) is 11.2. The van der Waals surface area contributed by atoms with Crippen molar-refractivity contribution in [2.75, 3.05) is 48.0 Å². The zero-order valence-corrected chi connectivity index (χ0v) is 14.4. The molecule has 0 unspecified atom stereocenters. The zero-order chi connectivity index (χ0) is 16.2. The standard InChI is InChI=1S/C17H25N3O2S/c1-13-12-15(19-7-10-23-11-8-19)4-5-16(13)18-17(22)20(6-9-21)14-2-3-14/h4-5,12,14,21H,2-3,6-11H2,1H3,(H,18,22). The highest BCUT2D eigenvalue weighted by molar-refractivity contribution is 7.99. The van der Waals surface area contributed by atoms with Crippen LogP contribution in [0.1, 0.15) is 18.4 Å². The molecule has 1 heterocycles. The molecule has 0 radical (unpaired) electrons. The van der Waals surface area contributed by atoms with Gasteiger partial charge in [0.15, 0.2) is 0 Å². The fraction of sp³-hybridized carbons (Fsp3) is 0.588. The molecule has 6 heteroatoms. The molecular weight excluding hydrogens is 310 g/mol. The van der Waals surface area contributed by atoms with E-state index in [-0.39, 0.29) is 12.6 Å². The summed E-state index contributed by atoms with van der Waals surface area (Å²) in [4.78, 5) is 16.6. The molecule has 0 aromatic heterocycles. The van der Waals surface area contributed by atoms with E-state index in [1.165, 1.54) is 17.2 Å². The first-order valence-corrected chi connectivity index (χ1v) is 9.46. The number of carbonyl (C=O) groups is 1. The van der Waals surface area contributed by atoms with Crippen molar-refractivity contribution < 1.29 is 9.90 Å². The molecule has 0 bridgehead atoms. The number of rotatable bonds is 5. The molecule has 2 N–H and O–H groups in total. The van der Waals surface area contributed by atoms with Gasteiger partial charge in [-0.2, -0.15) is 11.8 Å². The summed E-state index contributed by atoms with van der Waals surface area (Å²) in [7, 11) is 0. The van der Waals surface area contributed by atoms with Gasteiger partial charge in [-0.1, -0.05) is 0 Å². The van der Waals surface area contributed by atoms with E-state index in [2.05, 4.69) is 22.3 Å². The number of anilines is 2. The van der Waals surface area contributed by atoms with Crippen LogP contribution in [0.5, 0.6) is 0 Å².